The van der Waals surface area contributed by atoms with Crippen molar-refractivity contribution in [2.75, 3.05) is 5.73 Å². The van der Waals surface area contributed by atoms with Gasteiger partial charge in [-0.25, -0.2) is 0 Å². The van der Waals surface area contributed by atoms with Crippen LogP contribution in [0.4, 0.5) is 5.69 Å². The van der Waals surface area contributed by atoms with Gasteiger partial charge in [-0.1, -0.05) is 43.2 Å². The molecule has 8 heteroatoms. The van der Waals surface area contributed by atoms with Crippen molar-refractivity contribution >= 4 is 38.8 Å². The first-order valence-electron chi connectivity index (χ1n) is 12.9. The van der Waals surface area contributed by atoms with Crippen LogP contribution in [0, 0.1) is 6.92 Å². The number of aryl methyl sites for hydroxylation is 1. The number of benzene rings is 3. The minimum Gasteiger partial charge on any atom is -0.457 e. The molecule has 0 aliphatic heterocycles. The van der Waals surface area contributed by atoms with Crippen LogP contribution in [0.3, 0.4) is 0 Å². The van der Waals surface area contributed by atoms with E-state index in [1.807, 2.05) is 49.4 Å². The molecule has 3 aromatic carbocycles. The van der Waals surface area contributed by atoms with Crippen molar-refractivity contribution in [3.05, 3.63) is 87.8 Å². The molecule has 4 aromatic rings. The van der Waals surface area contributed by atoms with E-state index in [-0.39, 0.29) is 17.7 Å². The Morgan fingerprint density at radius 1 is 1.03 bits per heavy atom. The van der Waals surface area contributed by atoms with Crippen LogP contribution in [0.25, 0.3) is 10.1 Å². The Morgan fingerprint density at radius 3 is 2.45 bits per heavy atom. The normalized spacial score (nSPS) is 21.1. The Kier molecular flexibility index (Phi) is 5.98. The zero-order chi connectivity index (χ0) is 26.6. The van der Waals surface area contributed by atoms with Crippen molar-refractivity contribution in [2.45, 2.75) is 50.2 Å². The highest BCUT2D eigenvalue weighted by Gasteiger charge is 2.49. The standard InChI is InChI=1S/C30H30N4O3S/c1-16-15-19(37-18-9-3-2-4-10-18)11-12-20(16)30(33)21-13-14-22(31)26-23(21)24(25(32)28(30)35)27(38-26)29(36)34-17-7-5-6-8-17/h2-4,9-15,17,25H,5-8,31-33H2,1H3,(H,34,36). The van der Waals surface area contributed by atoms with Crippen molar-refractivity contribution in [1.82, 2.24) is 5.32 Å². The summed E-state index contributed by atoms with van der Waals surface area (Å²) in [4.78, 5) is 27.9. The molecule has 7 N–H and O–H groups in total. The van der Waals surface area contributed by atoms with Crippen molar-refractivity contribution in [3.8, 4) is 11.5 Å². The Labute approximate surface area is 225 Å². The van der Waals surface area contributed by atoms with Crippen molar-refractivity contribution in [2.24, 2.45) is 11.5 Å². The zero-order valence-electron chi connectivity index (χ0n) is 21.1. The highest BCUT2D eigenvalue weighted by atomic mass is 32.1. The number of carbonyl (C=O) groups is 2. The van der Waals surface area contributed by atoms with Crippen LogP contribution < -0.4 is 27.3 Å². The predicted octanol–water partition coefficient (Wildman–Crippen LogP) is 5.04. The van der Waals surface area contributed by atoms with Gasteiger partial charge in [-0.05, 0) is 66.8 Å². The number of rotatable bonds is 5. The van der Waals surface area contributed by atoms with E-state index in [9.17, 15) is 9.59 Å². The summed E-state index contributed by atoms with van der Waals surface area (Å²) in [7, 11) is 0. The summed E-state index contributed by atoms with van der Waals surface area (Å²) in [6.45, 7) is 1.90. The van der Waals surface area contributed by atoms with Gasteiger partial charge in [-0.15, -0.1) is 11.3 Å². The summed E-state index contributed by atoms with van der Waals surface area (Å²) in [5.41, 5.74) is 21.6. The van der Waals surface area contributed by atoms with Crippen LogP contribution in [-0.4, -0.2) is 17.7 Å². The molecule has 38 heavy (non-hydrogen) atoms. The molecule has 7 nitrogen and oxygen atoms in total. The predicted molar refractivity (Wildman–Crippen MR) is 151 cm³/mol. The molecule has 2 atom stereocenters. The fraction of sp³-hybridized carbons (Fsp3) is 0.267. The molecular weight excluding hydrogens is 496 g/mol. The number of nitrogens with two attached hydrogens (primary N) is 3. The van der Waals surface area contributed by atoms with Gasteiger partial charge in [0.2, 0.25) is 0 Å². The van der Waals surface area contributed by atoms with Crippen LogP contribution in [0.1, 0.15) is 63.7 Å². The smallest absolute Gasteiger partial charge is 0.261 e. The van der Waals surface area contributed by atoms with Crippen molar-refractivity contribution < 1.29 is 14.3 Å². The SMILES string of the molecule is Cc1cc(Oc2ccccc2)ccc1C1(N)C(=O)C(N)c2c(C(=O)NC3CCCC3)sc3c(N)ccc1c23. The lowest BCUT2D eigenvalue weighted by Gasteiger charge is -2.37. The quantitative estimate of drug-likeness (QED) is 0.269. The molecule has 1 amide bonds. The highest BCUT2D eigenvalue weighted by Crippen LogP contribution is 2.50. The minimum atomic E-state index is -1.51. The first kappa shape index (κ1) is 24.6. The molecule has 194 valence electrons. The summed E-state index contributed by atoms with van der Waals surface area (Å²) < 4.78 is 6.72. The lowest BCUT2D eigenvalue weighted by molar-refractivity contribution is -0.124. The molecule has 0 spiro atoms. The third-order valence-corrected chi connectivity index (χ3v) is 9.06. The molecule has 1 saturated carbocycles. The molecule has 2 unspecified atom stereocenters. The minimum absolute atomic E-state index is 0.139. The third kappa shape index (κ3) is 3.79. The van der Waals surface area contributed by atoms with Gasteiger partial charge in [-0.2, -0.15) is 0 Å². The third-order valence-electron chi connectivity index (χ3n) is 7.81. The van der Waals surface area contributed by atoms with Gasteiger partial charge in [0, 0.05) is 22.7 Å². The number of Topliss-reactive ketones (excluding diaryl/α,β-unsaturated/α-hetero) is 1. The number of para-hydroxylation sites is 1. The van der Waals surface area contributed by atoms with E-state index < -0.39 is 11.6 Å². The number of anilines is 1. The molecule has 1 fully saturated rings. The fourth-order valence-electron chi connectivity index (χ4n) is 5.92. The van der Waals surface area contributed by atoms with E-state index in [0.29, 0.717) is 44.1 Å². The van der Waals surface area contributed by atoms with E-state index in [1.54, 1.807) is 18.2 Å². The van der Waals surface area contributed by atoms with Gasteiger partial charge in [0.25, 0.3) is 5.91 Å². The topological polar surface area (TPSA) is 133 Å². The summed E-state index contributed by atoms with van der Waals surface area (Å²) in [6, 6.07) is 17.6. The zero-order valence-corrected chi connectivity index (χ0v) is 21.9. The molecule has 1 heterocycles. The van der Waals surface area contributed by atoms with Gasteiger partial charge >= 0.3 is 0 Å². The second-order valence-corrected chi connectivity index (χ2v) is 11.3. The van der Waals surface area contributed by atoms with Crippen LogP contribution in [0.15, 0.2) is 60.7 Å². The number of hydrogen-bond acceptors (Lipinski definition) is 7. The molecule has 2 aliphatic carbocycles. The molecule has 0 saturated heterocycles. The maximum absolute atomic E-state index is 14.0. The second kappa shape index (κ2) is 9.23. The molecule has 6 rings (SSSR count). The lowest BCUT2D eigenvalue weighted by Crippen LogP contribution is -2.53. The first-order chi connectivity index (χ1) is 18.3. The van der Waals surface area contributed by atoms with Gasteiger partial charge < -0.3 is 27.3 Å². The summed E-state index contributed by atoms with van der Waals surface area (Å²) >= 11 is 1.29. The van der Waals surface area contributed by atoms with Crippen LogP contribution >= 0.6 is 11.3 Å². The van der Waals surface area contributed by atoms with Gasteiger partial charge in [-0.3, -0.25) is 9.59 Å². The van der Waals surface area contributed by atoms with E-state index >= 15 is 0 Å². The maximum atomic E-state index is 14.0. The number of ketones is 1. The number of thiophene rings is 1. The largest absolute Gasteiger partial charge is 0.457 e. The van der Waals surface area contributed by atoms with Crippen molar-refractivity contribution in [3.63, 3.8) is 0 Å². The number of nitrogens with one attached hydrogen (secondary N) is 1. The second-order valence-electron chi connectivity index (χ2n) is 10.2. The molecular formula is C30H30N4O3S. The Balaban J connectivity index is 1.46. The Morgan fingerprint density at radius 2 is 1.74 bits per heavy atom. The molecule has 0 radical (unpaired) electrons. The fourth-order valence-corrected chi connectivity index (χ4v) is 7.12. The molecule has 1 aromatic heterocycles. The number of amides is 1. The van der Waals surface area contributed by atoms with Gasteiger partial charge in [0.1, 0.15) is 17.0 Å². The van der Waals surface area contributed by atoms with Gasteiger partial charge in [0.05, 0.1) is 15.6 Å². The van der Waals surface area contributed by atoms with E-state index in [4.69, 9.17) is 21.9 Å². The summed E-state index contributed by atoms with van der Waals surface area (Å²) in [5.74, 6) is 0.789. The lowest BCUT2D eigenvalue weighted by atomic mass is 9.69. The summed E-state index contributed by atoms with van der Waals surface area (Å²) in [5, 5.41) is 3.85. The van der Waals surface area contributed by atoms with Crippen LogP contribution in [0.5, 0.6) is 11.5 Å². The molecule has 2 aliphatic rings. The monoisotopic (exact) mass is 526 g/mol. The van der Waals surface area contributed by atoms with Crippen LogP contribution in [-0.2, 0) is 10.3 Å². The average molecular weight is 527 g/mol. The summed E-state index contributed by atoms with van der Waals surface area (Å²) in [6.07, 6.45) is 4.12. The number of hydrogen-bond donors (Lipinski definition) is 4. The Bertz CT molecular complexity index is 1580. The first-order valence-corrected chi connectivity index (χ1v) is 13.7. The van der Waals surface area contributed by atoms with E-state index in [2.05, 4.69) is 5.32 Å². The average Bonchev–Trinajstić information content (AvgIpc) is 3.56. The number of ether oxygens (including phenoxy) is 1. The maximum Gasteiger partial charge on any atom is 0.261 e. The van der Waals surface area contributed by atoms with Gasteiger partial charge in [0.15, 0.2) is 5.78 Å². The highest BCUT2D eigenvalue weighted by molar-refractivity contribution is 7.21. The molecule has 0 bridgehead atoms. The Hall–Kier alpha value is -3.72. The van der Waals surface area contributed by atoms with E-state index in [1.165, 1.54) is 11.3 Å². The number of carbonyl (C=O) groups excluding carboxylic acids is 2. The van der Waals surface area contributed by atoms with Crippen LogP contribution in [0.2, 0.25) is 0 Å². The van der Waals surface area contributed by atoms with Crippen molar-refractivity contribution in [1.29, 1.82) is 0 Å². The number of nitrogen functional groups attached to an aromatic ring is 1. The van der Waals surface area contributed by atoms with E-state index in [0.717, 1.165) is 35.9 Å².